The summed E-state index contributed by atoms with van der Waals surface area (Å²) in [6.07, 6.45) is 3.55. The highest BCUT2D eigenvalue weighted by atomic mass is 35.5. The van der Waals surface area contributed by atoms with Gasteiger partial charge in [-0.2, -0.15) is 0 Å². The first-order valence-corrected chi connectivity index (χ1v) is 6.92. The topological polar surface area (TPSA) is 50.4 Å². The molecule has 5 heteroatoms. The minimum Gasteiger partial charge on any atom is -0.497 e. The highest BCUT2D eigenvalue weighted by Crippen LogP contribution is 2.14. The van der Waals surface area contributed by atoms with Crippen molar-refractivity contribution >= 4 is 18.3 Å². The summed E-state index contributed by atoms with van der Waals surface area (Å²) in [7, 11) is 1.60. The molecular formula is C15H23ClN2O2. The number of piperidine rings is 1. The summed E-state index contributed by atoms with van der Waals surface area (Å²) in [6, 6.07) is 7.24. The molecule has 20 heavy (non-hydrogen) atoms. The van der Waals surface area contributed by atoms with Gasteiger partial charge in [-0.05, 0) is 56.5 Å². The number of hydrogen-bond acceptors (Lipinski definition) is 3. The molecule has 0 saturated carbocycles. The number of amides is 1. The molecule has 1 atom stereocenters. The van der Waals surface area contributed by atoms with E-state index in [0.717, 1.165) is 26.1 Å². The van der Waals surface area contributed by atoms with Crippen LogP contribution in [0.4, 0.5) is 0 Å². The Morgan fingerprint density at radius 2 is 2.35 bits per heavy atom. The molecule has 1 saturated heterocycles. The Balaban J connectivity index is 0.00000200. The minimum absolute atomic E-state index is 0. The summed E-state index contributed by atoms with van der Waals surface area (Å²) >= 11 is 0. The molecule has 0 spiro atoms. The summed E-state index contributed by atoms with van der Waals surface area (Å²) in [5, 5.41) is 6.37. The Morgan fingerprint density at radius 3 is 3.05 bits per heavy atom. The van der Waals surface area contributed by atoms with Crippen molar-refractivity contribution in [3.63, 3.8) is 0 Å². The van der Waals surface area contributed by atoms with E-state index in [1.807, 2.05) is 12.1 Å². The van der Waals surface area contributed by atoms with E-state index in [1.54, 1.807) is 19.2 Å². The second-order valence-electron chi connectivity index (χ2n) is 4.99. The predicted molar refractivity (Wildman–Crippen MR) is 82.8 cm³/mol. The Hall–Kier alpha value is -1.26. The average Bonchev–Trinajstić information content (AvgIpc) is 2.48. The van der Waals surface area contributed by atoms with Crippen molar-refractivity contribution in [3.8, 4) is 5.75 Å². The lowest BCUT2D eigenvalue weighted by molar-refractivity contribution is 0.0950. The summed E-state index contributed by atoms with van der Waals surface area (Å²) in [6.45, 7) is 2.95. The van der Waals surface area contributed by atoms with Gasteiger partial charge in [0.15, 0.2) is 0 Å². The average molecular weight is 299 g/mol. The smallest absolute Gasteiger partial charge is 0.251 e. The molecule has 1 aliphatic rings. The van der Waals surface area contributed by atoms with Gasteiger partial charge in [0.25, 0.3) is 5.91 Å². The Morgan fingerprint density at radius 1 is 1.50 bits per heavy atom. The Labute approximate surface area is 126 Å². The number of carbonyl (C=O) groups excluding carboxylic acids is 1. The van der Waals surface area contributed by atoms with Crippen molar-refractivity contribution in [2.24, 2.45) is 5.92 Å². The molecule has 1 aliphatic heterocycles. The molecule has 1 fully saturated rings. The Kier molecular flexibility index (Phi) is 7.41. The van der Waals surface area contributed by atoms with Crippen molar-refractivity contribution < 1.29 is 9.53 Å². The van der Waals surface area contributed by atoms with Gasteiger partial charge in [-0.15, -0.1) is 12.4 Å². The monoisotopic (exact) mass is 298 g/mol. The van der Waals surface area contributed by atoms with Crippen LogP contribution in [0.15, 0.2) is 24.3 Å². The molecular weight excluding hydrogens is 276 g/mol. The van der Waals surface area contributed by atoms with Crippen LogP contribution < -0.4 is 15.4 Å². The lowest BCUT2D eigenvalue weighted by Crippen LogP contribution is -2.33. The maximum absolute atomic E-state index is 12.0. The van der Waals surface area contributed by atoms with Gasteiger partial charge in [-0.1, -0.05) is 6.07 Å². The standard InChI is InChI=1S/C15H22N2O2.ClH/c1-19-14-6-2-5-13(10-14)15(18)17-9-7-12-4-3-8-16-11-12;/h2,5-6,10,12,16H,3-4,7-9,11H2,1H3,(H,17,18);1H. The van der Waals surface area contributed by atoms with Crippen molar-refractivity contribution in [2.75, 3.05) is 26.7 Å². The van der Waals surface area contributed by atoms with Crippen LogP contribution in [0.5, 0.6) is 5.75 Å². The number of carbonyl (C=O) groups is 1. The maximum atomic E-state index is 12.0. The molecule has 0 bridgehead atoms. The lowest BCUT2D eigenvalue weighted by Gasteiger charge is -2.22. The van der Waals surface area contributed by atoms with Crippen LogP contribution in [-0.4, -0.2) is 32.7 Å². The van der Waals surface area contributed by atoms with Crippen LogP contribution in [-0.2, 0) is 0 Å². The predicted octanol–water partition coefficient (Wildman–Crippen LogP) is 2.24. The van der Waals surface area contributed by atoms with E-state index in [4.69, 9.17) is 4.74 Å². The SMILES string of the molecule is COc1cccc(C(=O)NCCC2CCCNC2)c1.Cl. The molecule has 1 aromatic rings. The van der Waals surface area contributed by atoms with E-state index >= 15 is 0 Å². The summed E-state index contributed by atoms with van der Waals surface area (Å²) in [5.41, 5.74) is 0.654. The number of ether oxygens (including phenoxy) is 1. The van der Waals surface area contributed by atoms with Gasteiger partial charge in [0.1, 0.15) is 5.75 Å². The first kappa shape index (κ1) is 16.8. The van der Waals surface area contributed by atoms with Crippen LogP contribution >= 0.6 is 12.4 Å². The third-order valence-electron chi connectivity index (χ3n) is 3.57. The van der Waals surface area contributed by atoms with Crippen molar-refractivity contribution in [2.45, 2.75) is 19.3 Å². The zero-order valence-corrected chi connectivity index (χ0v) is 12.7. The van der Waals surface area contributed by atoms with Gasteiger partial charge in [-0.25, -0.2) is 0 Å². The van der Waals surface area contributed by atoms with Gasteiger partial charge in [0.05, 0.1) is 7.11 Å². The van der Waals surface area contributed by atoms with Gasteiger partial charge < -0.3 is 15.4 Å². The third kappa shape index (κ3) is 5.02. The molecule has 1 unspecified atom stereocenters. The highest BCUT2D eigenvalue weighted by molar-refractivity contribution is 5.94. The Bertz CT molecular complexity index is 420. The quantitative estimate of drug-likeness (QED) is 0.876. The zero-order valence-electron chi connectivity index (χ0n) is 11.9. The number of hydrogen-bond donors (Lipinski definition) is 2. The van der Waals surface area contributed by atoms with Crippen LogP contribution in [0.25, 0.3) is 0 Å². The fraction of sp³-hybridized carbons (Fsp3) is 0.533. The molecule has 112 valence electrons. The van der Waals surface area contributed by atoms with Gasteiger partial charge in [-0.3, -0.25) is 4.79 Å². The molecule has 0 aliphatic carbocycles. The van der Waals surface area contributed by atoms with E-state index in [-0.39, 0.29) is 18.3 Å². The van der Waals surface area contributed by atoms with Gasteiger partial charge in [0.2, 0.25) is 0 Å². The largest absolute Gasteiger partial charge is 0.497 e. The number of halogens is 1. The van der Waals surface area contributed by atoms with Crippen molar-refractivity contribution in [1.29, 1.82) is 0 Å². The van der Waals surface area contributed by atoms with Gasteiger partial charge in [0, 0.05) is 12.1 Å². The molecule has 0 aromatic heterocycles. The molecule has 1 heterocycles. The van der Waals surface area contributed by atoms with Crippen LogP contribution in [0.2, 0.25) is 0 Å². The van der Waals surface area contributed by atoms with E-state index in [1.165, 1.54) is 12.8 Å². The molecule has 1 aromatic carbocycles. The molecule has 2 N–H and O–H groups in total. The number of rotatable bonds is 5. The fourth-order valence-corrected chi connectivity index (χ4v) is 2.43. The van der Waals surface area contributed by atoms with E-state index in [9.17, 15) is 4.79 Å². The fourth-order valence-electron chi connectivity index (χ4n) is 2.43. The molecule has 4 nitrogen and oxygen atoms in total. The normalized spacial score (nSPS) is 17.9. The van der Waals surface area contributed by atoms with Crippen molar-refractivity contribution in [3.05, 3.63) is 29.8 Å². The third-order valence-corrected chi connectivity index (χ3v) is 3.57. The number of benzene rings is 1. The molecule has 1 amide bonds. The van der Waals surface area contributed by atoms with Crippen LogP contribution in [0.1, 0.15) is 29.6 Å². The molecule has 2 rings (SSSR count). The highest BCUT2D eigenvalue weighted by Gasteiger charge is 2.13. The lowest BCUT2D eigenvalue weighted by atomic mass is 9.96. The second-order valence-corrected chi connectivity index (χ2v) is 4.99. The second kappa shape index (κ2) is 8.82. The van der Waals surface area contributed by atoms with E-state index < -0.39 is 0 Å². The zero-order chi connectivity index (χ0) is 13.5. The van der Waals surface area contributed by atoms with Crippen LogP contribution in [0.3, 0.4) is 0 Å². The number of nitrogens with one attached hydrogen (secondary N) is 2. The van der Waals surface area contributed by atoms with Crippen molar-refractivity contribution in [1.82, 2.24) is 10.6 Å². The summed E-state index contributed by atoms with van der Waals surface area (Å²) in [5.74, 6) is 1.38. The summed E-state index contributed by atoms with van der Waals surface area (Å²) in [4.78, 5) is 12.0. The van der Waals surface area contributed by atoms with E-state index in [2.05, 4.69) is 10.6 Å². The van der Waals surface area contributed by atoms with E-state index in [0.29, 0.717) is 17.2 Å². The maximum Gasteiger partial charge on any atom is 0.251 e. The first-order chi connectivity index (χ1) is 9.29. The minimum atomic E-state index is -0.0253. The van der Waals surface area contributed by atoms with Gasteiger partial charge >= 0.3 is 0 Å². The van der Waals surface area contributed by atoms with Crippen LogP contribution in [0, 0.1) is 5.92 Å². The number of methoxy groups -OCH3 is 1. The first-order valence-electron chi connectivity index (χ1n) is 6.92. The summed E-state index contributed by atoms with van der Waals surface area (Å²) < 4.78 is 5.12. The molecule has 0 radical (unpaired) electrons.